The first-order chi connectivity index (χ1) is 9.31. The van der Waals surface area contributed by atoms with Crippen molar-refractivity contribution in [2.75, 3.05) is 0 Å². The lowest BCUT2D eigenvalue weighted by Gasteiger charge is -2.09. The smallest absolute Gasteiger partial charge is 0.133 e. The third-order valence-electron chi connectivity index (χ3n) is 3.20. The first-order valence-electron chi connectivity index (χ1n) is 6.34. The summed E-state index contributed by atoms with van der Waals surface area (Å²) in [5, 5.41) is 3.41. The largest absolute Gasteiger partial charge is 0.345 e. The van der Waals surface area contributed by atoms with Gasteiger partial charge < -0.3 is 4.98 Å². The lowest BCUT2D eigenvalue weighted by Crippen LogP contribution is -1.96. The SMILES string of the molecule is CCCc1c(-c2cccc3ccsc23)[nH]cnc1=S. The predicted octanol–water partition coefficient (Wildman–Crippen LogP) is 4.97. The average Bonchev–Trinajstić information content (AvgIpc) is 2.89. The second kappa shape index (κ2) is 5.23. The normalized spacial score (nSPS) is 11.0. The molecule has 4 heteroatoms. The molecule has 2 aromatic heterocycles. The minimum atomic E-state index is 0.712. The van der Waals surface area contributed by atoms with Gasteiger partial charge in [-0.2, -0.15) is 0 Å². The number of hydrogen-bond acceptors (Lipinski definition) is 3. The molecule has 96 valence electrons. The molecule has 0 bridgehead atoms. The molecule has 1 aromatic carbocycles. The highest BCUT2D eigenvalue weighted by Crippen LogP contribution is 2.33. The third kappa shape index (κ3) is 2.22. The van der Waals surface area contributed by atoms with Gasteiger partial charge in [0.2, 0.25) is 0 Å². The second-order valence-corrected chi connectivity index (χ2v) is 5.76. The minimum absolute atomic E-state index is 0.712. The molecule has 2 heterocycles. The standard InChI is InChI=1S/C15H14N2S2/c1-2-4-12-13(16-9-17-15(12)18)11-6-3-5-10-7-8-19-14(10)11/h3,5-9H,2,4H2,1H3,(H,16,17,18). The van der Waals surface area contributed by atoms with Crippen LogP contribution in [-0.4, -0.2) is 9.97 Å². The van der Waals surface area contributed by atoms with Crippen LogP contribution in [0.1, 0.15) is 18.9 Å². The van der Waals surface area contributed by atoms with Gasteiger partial charge in [-0.15, -0.1) is 11.3 Å². The number of rotatable bonds is 3. The summed E-state index contributed by atoms with van der Waals surface area (Å²) in [6, 6.07) is 8.54. The fourth-order valence-electron chi connectivity index (χ4n) is 2.34. The Morgan fingerprint density at radius 3 is 3.05 bits per heavy atom. The van der Waals surface area contributed by atoms with Gasteiger partial charge in [0.15, 0.2) is 0 Å². The Labute approximate surface area is 121 Å². The van der Waals surface area contributed by atoms with Crippen molar-refractivity contribution in [3.05, 3.63) is 46.2 Å². The van der Waals surface area contributed by atoms with Crippen LogP contribution in [0, 0.1) is 4.64 Å². The number of nitrogens with zero attached hydrogens (tertiary/aromatic N) is 1. The number of thiophene rings is 1. The Bertz CT molecular complexity index is 771. The maximum absolute atomic E-state index is 5.38. The zero-order valence-corrected chi connectivity index (χ0v) is 12.3. The lowest BCUT2D eigenvalue weighted by atomic mass is 10.0. The molecule has 0 amide bonds. The van der Waals surface area contributed by atoms with Gasteiger partial charge in [-0.1, -0.05) is 43.8 Å². The molecule has 19 heavy (non-hydrogen) atoms. The van der Waals surface area contributed by atoms with E-state index < -0.39 is 0 Å². The van der Waals surface area contributed by atoms with Gasteiger partial charge in [0.05, 0.1) is 12.0 Å². The zero-order valence-electron chi connectivity index (χ0n) is 10.6. The maximum Gasteiger partial charge on any atom is 0.133 e. The molecule has 0 fully saturated rings. The molecule has 0 atom stereocenters. The fourth-order valence-corrected chi connectivity index (χ4v) is 3.52. The van der Waals surface area contributed by atoms with Crippen molar-refractivity contribution < 1.29 is 0 Å². The monoisotopic (exact) mass is 286 g/mol. The van der Waals surface area contributed by atoms with E-state index in [0.29, 0.717) is 4.64 Å². The van der Waals surface area contributed by atoms with E-state index in [0.717, 1.165) is 24.1 Å². The van der Waals surface area contributed by atoms with E-state index in [9.17, 15) is 0 Å². The van der Waals surface area contributed by atoms with Crippen molar-refractivity contribution in [2.24, 2.45) is 0 Å². The van der Waals surface area contributed by atoms with E-state index in [4.69, 9.17) is 12.2 Å². The van der Waals surface area contributed by atoms with Crippen LogP contribution in [0.25, 0.3) is 21.3 Å². The van der Waals surface area contributed by atoms with Crippen LogP contribution < -0.4 is 0 Å². The number of benzene rings is 1. The van der Waals surface area contributed by atoms with Crippen LogP contribution in [0.2, 0.25) is 0 Å². The molecule has 0 aliphatic heterocycles. The van der Waals surface area contributed by atoms with Gasteiger partial charge in [0.25, 0.3) is 0 Å². The van der Waals surface area contributed by atoms with E-state index in [1.54, 1.807) is 17.7 Å². The molecule has 0 aliphatic rings. The van der Waals surface area contributed by atoms with Crippen molar-refractivity contribution in [3.8, 4) is 11.3 Å². The van der Waals surface area contributed by atoms with E-state index in [-0.39, 0.29) is 0 Å². The Morgan fingerprint density at radius 2 is 2.21 bits per heavy atom. The first kappa shape index (κ1) is 12.5. The molecular weight excluding hydrogens is 272 g/mol. The summed E-state index contributed by atoms with van der Waals surface area (Å²) in [4.78, 5) is 7.50. The molecule has 0 unspecified atom stereocenters. The van der Waals surface area contributed by atoms with Crippen LogP contribution in [0.4, 0.5) is 0 Å². The van der Waals surface area contributed by atoms with Crippen LogP contribution in [-0.2, 0) is 6.42 Å². The van der Waals surface area contributed by atoms with Crippen molar-refractivity contribution in [1.82, 2.24) is 9.97 Å². The molecule has 3 rings (SSSR count). The number of fused-ring (bicyclic) bond motifs is 1. The average molecular weight is 286 g/mol. The van der Waals surface area contributed by atoms with Gasteiger partial charge >= 0.3 is 0 Å². The van der Waals surface area contributed by atoms with Gasteiger partial charge in [-0.05, 0) is 23.3 Å². The van der Waals surface area contributed by atoms with E-state index in [1.807, 2.05) is 0 Å². The molecule has 0 spiro atoms. The van der Waals surface area contributed by atoms with Gasteiger partial charge in [-0.25, -0.2) is 4.98 Å². The van der Waals surface area contributed by atoms with Crippen molar-refractivity contribution in [3.63, 3.8) is 0 Å². The van der Waals surface area contributed by atoms with Crippen molar-refractivity contribution in [1.29, 1.82) is 0 Å². The molecule has 3 aromatic rings. The molecule has 0 saturated carbocycles. The van der Waals surface area contributed by atoms with Crippen molar-refractivity contribution in [2.45, 2.75) is 19.8 Å². The molecule has 1 N–H and O–H groups in total. The summed E-state index contributed by atoms with van der Waals surface area (Å²) >= 11 is 7.15. The highest BCUT2D eigenvalue weighted by Gasteiger charge is 2.11. The third-order valence-corrected chi connectivity index (χ3v) is 4.51. The number of aromatic nitrogens is 2. The maximum atomic E-state index is 5.38. The van der Waals surface area contributed by atoms with E-state index >= 15 is 0 Å². The lowest BCUT2D eigenvalue weighted by molar-refractivity contribution is 0.899. The summed E-state index contributed by atoms with van der Waals surface area (Å²) in [5.41, 5.74) is 3.50. The summed E-state index contributed by atoms with van der Waals surface area (Å²) in [7, 11) is 0. The molecule has 0 radical (unpaired) electrons. The first-order valence-corrected chi connectivity index (χ1v) is 7.63. The summed E-state index contributed by atoms with van der Waals surface area (Å²) in [6.07, 6.45) is 3.72. The predicted molar refractivity (Wildman–Crippen MR) is 84.2 cm³/mol. The summed E-state index contributed by atoms with van der Waals surface area (Å²) in [5.74, 6) is 0. The molecule has 2 nitrogen and oxygen atoms in total. The van der Waals surface area contributed by atoms with Crippen LogP contribution >= 0.6 is 23.6 Å². The highest BCUT2D eigenvalue weighted by molar-refractivity contribution is 7.71. The van der Waals surface area contributed by atoms with Crippen LogP contribution in [0.15, 0.2) is 36.0 Å². The van der Waals surface area contributed by atoms with E-state index in [1.165, 1.54) is 15.6 Å². The number of nitrogens with one attached hydrogen (secondary N) is 1. The Kier molecular flexibility index (Phi) is 3.44. The minimum Gasteiger partial charge on any atom is -0.345 e. The van der Waals surface area contributed by atoms with E-state index in [2.05, 4.69) is 46.5 Å². The Balaban J connectivity index is 2.30. The van der Waals surface area contributed by atoms with Crippen LogP contribution in [0.5, 0.6) is 0 Å². The summed E-state index contributed by atoms with van der Waals surface area (Å²) in [6.45, 7) is 2.16. The van der Waals surface area contributed by atoms with Gasteiger partial charge in [-0.3, -0.25) is 0 Å². The summed E-state index contributed by atoms with van der Waals surface area (Å²) < 4.78 is 2.01. The molecule has 0 saturated heterocycles. The number of H-pyrrole nitrogens is 1. The number of aromatic amines is 1. The van der Waals surface area contributed by atoms with Gasteiger partial charge in [0.1, 0.15) is 4.64 Å². The number of hydrogen-bond donors (Lipinski definition) is 1. The quantitative estimate of drug-likeness (QED) is 0.688. The van der Waals surface area contributed by atoms with Gasteiger partial charge in [0, 0.05) is 15.8 Å². The van der Waals surface area contributed by atoms with Crippen molar-refractivity contribution >= 4 is 33.6 Å². The Morgan fingerprint density at radius 1 is 1.32 bits per heavy atom. The second-order valence-electron chi connectivity index (χ2n) is 4.46. The Hall–Kier alpha value is -1.52. The fraction of sp³-hybridized carbons (Fsp3) is 0.200. The molecular formula is C15H14N2S2. The zero-order chi connectivity index (χ0) is 13.2. The highest BCUT2D eigenvalue weighted by atomic mass is 32.1. The topological polar surface area (TPSA) is 28.7 Å². The molecule has 0 aliphatic carbocycles. The van der Waals surface area contributed by atoms with Crippen LogP contribution in [0.3, 0.4) is 0 Å².